The minimum absolute atomic E-state index is 0.237. The molecule has 106 valence electrons. The van der Waals surface area contributed by atoms with Crippen molar-refractivity contribution in [1.82, 2.24) is 20.0 Å². The van der Waals surface area contributed by atoms with Crippen LogP contribution in [0.5, 0.6) is 0 Å². The van der Waals surface area contributed by atoms with Crippen molar-refractivity contribution >= 4 is 11.9 Å². The molecule has 7 nitrogen and oxygen atoms in total. The summed E-state index contributed by atoms with van der Waals surface area (Å²) in [5.74, 6) is -1.27. The number of carboxylic acids is 1. The maximum atomic E-state index is 11.7. The van der Waals surface area contributed by atoms with Crippen molar-refractivity contribution in [2.75, 3.05) is 26.2 Å². The highest BCUT2D eigenvalue weighted by Crippen LogP contribution is 1.96. The second-order valence-electron chi connectivity index (χ2n) is 4.08. The number of hydrogen-bond acceptors (Lipinski definition) is 4. The molecule has 1 rings (SSSR count). The molecule has 0 atom stereocenters. The number of likely N-dealkylation sites (N-methyl/N-ethyl adjacent to an activating group) is 1. The van der Waals surface area contributed by atoms with E-state index in [9.17, 15) is 9.59 Å². The lowest BCUT2D eigenvalue weighted by Gasteiger charge is -2.17. The Balaban J connectivity index is 2.41. The molecule has 0 fully saturated rings. The fraction of sp³-hybridized carbons (Fsp3) is 0.583. The number of carbonyl (C=O) groups is 2. The van der Waals surface area contributed by atoms with Gasteiger partial charge in [-0.3, -0.25) is 14.3 Å². The Bertz CT molecular complexity index is 426. The van der Waals surface area contributed by atoms with Gasteiger partial charge in [-0.1, -0.05) is 13.8 Å². The number of aromatic nitrogens is 2. The van der Waals surface area contributed by atoms with Gasteiger partial charge in [-0.25, -0.2) is 0 Å². The molecule has 0 radical (unpaired) electrons. The quantitative estimate of drug-likeness (QED) is 0.695. The van der Waals surface area contributed by atoms with Gasteiger partial charge in [0.25, 0.3) is 5.91 Å². The number of rotatable bonds is 8. The molecule has 0 aromatic carbocycles. The van der Waals surface area contributed by atoms with E-state index in [1.165, 1.54) is 16.9 Å². The van der Waals surface area contributed by atoms with Crippen molar-refractivity contribution in [3.05, 3.63) is 18.0 Å². The Morgan fingerprint density at radius 3 is 2.68 bits per heavy atom. The number of nitrogens with zero attached hydrogens (tertiary/aromatic N) is 3. The summed E-state index contributed by atoms with van der Waals surface area (Å²) in [5.41, 5.74) is 0.237. The lowest BCUT2D eigenvalue weighted by atomic mass is 10.4. The van der Waals surface area contributed by atoms with Gasteiger partial charge in [0, 0.05) is 19.3 Å². The molecule has 1 aromatic heterocycles. The van der Waals surface area contributed by atoms with Crippen LogP contribution in [-0.2, 0) is 11.3 Å². The minimum Gasteiger partial charge on any atom is -0.480 e. The maximum Gasteiger partial charge on any atom is 0.325 e. The molecule has 1 aromatic rings. The first-order valence-corrected chi connectivity index (χ1v) is 6.32. The van der Waals surface area contributed by atoms with E-state index in [0.717, 1.165) is 19.6 Å². The summed E-state index contributed by atoms with van der Waals surface area (Å²) in [7, 11) is 0. The van der Waals surface area contributed by atoms with Gasteiger partial charge in [0.05, 0.1) is 0 Å². The third kappa shape index (κ3) is 5.09. The highest BCUT2D eigenvalue weighted by molar-refractivity contribution is 5.92. The number of amides is 1. The Kier molecular flexibility index (Phi) is 6.01. The normalized spacial score (nSPS) is 10.7. The molecule has 2 N–H and O–H groups in total. The van der Waals surface area contributed by atoms with E-state index in [1.807, 2.05) is 0 Å². The molecular formula is C12H20N4O3. The summed E-state index contributed by atoms with van der Waals surface area (Å²) in [6, 6.07) is 1.51. The van der Waals surface area contributed by atoms with Gasteiger partial charge in [0.2, 0.25) is 0 Å². The van der Waals surface area contributed by atoms with Crippen LogP contribution in [0.3, 0.4) is 0 Å². The monoisotopic (exact) mass is 268 g/mol. The molecular weight excluding hydrogens is 248 g/mol. The van der Waals surface area contributed by atoms with Gasteiger partial charge < -0.3 is 15.3 Å². The van der Waals surface area contributed by atoms with Gasteiger partial charge >= 0.3 is 5.97 Å². The molecule has 0 spiro atoms. The fourth-order valence-corrected chi connectivity index (χ4v) is 1.67. The van der Waals surface area contributed by atoms with Crippen LogP contribution >= 0.6 is 0 Å². The second kappa shape index (κ2) is 7.52. The van der Waals surface area contributed by atoms with Crippen molar-refractivity contribution in [3.8, 4) is 0 Å². The molecule has 0 saturated carbocycles. The highest BCUT2D eigenvalue weighted by Gasteiger charge is 2.10. The van der Waals surface area contributed by atoms with Crippen molar-refractivity contribution in [2.24, 2.45) is 0 Å². The summed E-state index contributed by atoms with van der Waals surface area (Å²) in [4.78, 5) is 24.4. The van der Waals surface area contributed by atoms with Crippen molar-refractivity contribution < 1.29 is 14.7 Å². The van der Waals surface area contributed by atoms with E-state index in [4.69, 9.17) is 5.11 Å². The Hall–Kier alpha value is -1.89. The molecule has 0 aliphatic carbocycles. The molecule has 1 heterocycles. The molecule has 0 bridgehead atoms. The van der Waals surface area contributed by atoms with Gasteiger partial charge in [-0.2, -0.15) is 5.10 Å². The van der Waals surface area contributed by atoms with Crippen LogP contribution in [0.1, 0.15) is 24.3 Å². The highest BCUT2D eigenvalue weighted by atomic mass is 16.4. The van der Waals surface area contributed by atoms with Crippen molar-refractivity contribution in [3.63, 3.8) is 0 Å². The first-order valence-electron chi connectivity index (χ1n) is 6.32. The predicted octanol–water partition coefficient (Wildman–Crippen LogP) is 0.0393. The zero-order chi connectivity index (χ0) is 14.3. The molecule has 0 aliphatic heterocycles. The minimum atomic E-state index is -0.989. The number of carbonyl (C=O) groups excluding carboxylic acids is 1. The average Bonchev–Trinajstić information content (AvgIpc) is 2.82. The van der Waals surface area contributed by atoms with Crippen LogP contribution in [0.2, 0.25) is 0 Å². The smallest absolute Gasteiger partial charge is 0.325 e. The van der Waals surface area contributed by atoms with E-state index < -0.39 is 5.97 Å². The summed E-state index contributed by atoms with van der Waals surface area (Å²) in [5, 5.41) is 15.3. The topological polar surface area (TPSA) is 87.5 Å². The number of carboxylic acid groups (broad SMARTS) is 1. The molecule has 1 amide bonds. The zero-order valence-corrected chi connectivity index (χ0v) is 11.3. The zero-order valence-electron chi connectivity index (χ0n) is 11.3. The van der Waals surface area contributed by atoms with E-state index in [-0.39, 0.29) is 18.1 Å². The van der Waals surface area contributed by atoms with Gasteiger partial charge in [-0.15, -0.1) is 0 Å². The molecule has 0 aliphatic rings. The molecule has 7 heteroatoms. The third-order valence-electron chi connectivity index (χ3n) is 2.78. The first-order chi connectivity index (χ1) is 9.06. The van der Waals surface area contributed by atoms with Crippen molar-refractivity contribution in [2.45, 2.75) is 20.4 Å². The van der Waals surface area contributed by atoms with Crippen LogP contribution in [0.4, 0.5) is 0 Å². The maximum absolute atomic E-state index is 11.7. The van der Waals surface area contributed by atoms with Crippen LogP contribution in [-0.4, -0.2) is 57.8 Å². The second-order valence-corrected chi connectivity index (χ2v) is 4.08. The van der Waals surface area contributed by atoms with Crippen molar-refractivity contribution in [1.29, 1.82) is 0 Å². The van der Waals surface area contributed by atoms with Crippen LogP contribution in [0.25, 0.3) is 0 Å². The standard InChI is InChI=1S/C12H20N4O3/c1-3-15(4-2)8-6-13-12(19)10-5-7-16(14-10)9-11(17)18/h5,7H,3-4,6,8-9H2,1-2H3,(H,13,19)(H,17,18). The van der Waals surface area contributed by atoms with E-state index in [2.05, 4.69) is 29.2 Å². The lowest BCUT2D eigenvalue weighted by molar-refractivity contribution is -0.137. The average molecular weight is 268 g/mol. The predicted molar refractivity (Wildman–Crippen MR) is 70.0 cm³/mol. The van der Waals surface area contributed by atoms with E-state index in [1.54, 1.807) is 0 Å². The third-order valence-corrected chi connectivity index (χ3v) is 2.78. The first kappa shape index (κ1) is 15.2. The largest absolute Gasteiger partial charge is 0.480 e. The van der Waals surface area contributed by atoms with Crippen LogP contribution < -0.4 is 5.32 Å². The van der Waals surface area contributed by atoms with E-state index in [0.29, 0.717) is 6.54 Å². The van der Waals surface area contributed by atoms with Gasteiger partial charge in [0.1, 0.15) is 12.2 Å². The molecule has 0 saturated heterocycles. The number of hydrogen-bond donors (Lipinski definition) is 2. The Morgan fingerprint density at radius 1 is 1.42 bits per heavy atom. The fourth-order valence-electron chi connectivity index (χ4n) is 1.67. The van der Waals surface area contributed by atoms with Gasteiger partial charge in [0.15, 0.2) is 0 Å². The number of aliphatic carboxylic acids is 1. The van der Waals surface area contributed by atoms with Crippen LogP contribution in [0, 0.1) is 0 Å². The van der Waals surface area contributed by atoms with E-state index >= 15 is 0 Å². The Labute approximate surface area is 112 Å². The summed E-state index contributed by atoms with van der Waals surface area (Å²) >= 11 is 0. The Morgan fingerprint density at radius 2 is 2.11 bits per heavy atom. The van der Waals surface area contributed by atoms with Gasteiger partial charge in [-0.05, 0) is 19.2 Å². The summed E-state index contributed by atoms with van der Waals surface area (Å²) in [6.07, 6.45) is 1.48. The summed E-state index contributed by atoms with van der Waals surface area (Å²) < 4.78 is 1.22. The summed E-state index contributed by atoms with van der Waals surface area (Å²) in [6.45, 7) is 7.12. The van der Waals surface area contributed by atoms with Crippen LogP contribution in [0.15, 0.2) is 12.3 Å². The molecule has 19 heavy (non-hydrogen) atoms. The molecule has 0 unspecified atom stereocenters. The lowest BCUT2D eigenvalue weighted by Crippen LogP contribution is -2.35. The SMILES string of the molecule is CCN(CC)CCNC(=O)c1ccn(CC(=O)O)n1. The number of nitrogens with one attached hydrogen (secondary N) is 1.